The van der Waals surface area contributed by atoms with Gasteiger partial charge in [-0.15, -0.1) is 0 Å². The maximum absolute atomic E-state index is 12.3. The van der Waals surface area contributed by atoms with Crippen molar-refractivity contribution in [1.82, 2.24) is 0 Å². The van der Waals surface area contributed by atoms with Gasteiger partial charge < -0.3 is 14.6 Å². The fraction of sp³-hybridized carbons (Fsp3) is 0.780. The second-order valence-electron chi connectivity index (χ2n) is 18.3. The molecule has 0 aliphatic rings. The van der Waals surface area contributed by atoms with Crippen LogP contribution in [0.15, 0.2) is 72.9 Å². The van der Waals surface area contributed by atoms with E-state index in [0.717, 1.165) is 64.2 Å². The number of esters is 1. The van der Waals surface area contributed by atoms with Crippen LogP contribution in [0, 0.1) is 0 Å². The van der Waals surface area contributed by atoms with Crippen LogP contribution in [0.4, 0.5) is 0 Å². The molecule has 0 heterocycles. The number of carbonyl (C=O) groups excluding carboxylic acids is 1. The number of hydrogen-bond acceptors (Lipinski definition) is 4. The quantitative estimate of drug-likeness (QED) is 0.0376. The summed E-state index contributed by atoms with van der Waals surface area (Å²) in [7, 11) is 0. The molecular formula is C59H106O4. The van der Waals surface area contributed by atoms with Crippen LogP contribution < -0.4 is 0 Å². The van der Waals surface area contributed by atoms with Crippen molar-refractivity contribution < 1.29 is 19.4 Å². The van der Waals surface area contributed by atoms with Gasteiger partial charge in [-0.2, -0.15) is 0 Å². The number of aliphatic hydroxyl groups excluding tert-OH is 1. The zero-order valence-electron chi connectivity index (χ0n) is 42.1. The van der Waals surface area contributed by atoms with Crippen molar-refractivity contribution in [3.05, 3.63) is 72.9 Å². The molecule has 0 amide bonds. The van der Waals surface area contributed by atoms with E-state index in [4.69, 9.17) is 9.47 Å². The summed E-state index contributed by atoms with van der Waals surface area (Å²) in [6, 6.07) is 0. The fourth-order valence-corrected chi connectivity index (χ4v) is 7.98. The third kappa shape index (κ3) is 54.1. The van der Waals surface area contributed by atoms with E-state index in [0.29, 0.717) is 13.0 Å². The molecule has 1 atom stereocenters. The third-order valence-corrected chi connectivity index (χ3v) is 12.0. The van der Waals surface area contributed by atoms with Crippen molar-refractivity contribution in [2.75, 3.05) is 19.8 Å². The average molecular weight is 879 g/mol. The highest BCUT2D eigenvalue weighted by molar-refractivity contribution is 5.69. The van der Waals surface area contributed by atoms with Crippen molar-refractivity contribution in [3.63, 3.8) is 0 Å². The van der Waals surface area contributed by atoms with E-state index < -0.39 is 6.10 Å². The average Bonchev–Trinajstić information content (AvgIpc) is 3.29. The van der Waals surface area contributed by atoms with E-state index in [2.05, 4.69) is 86.8 Å². The number of aliphatic hydroxyl groups is 1. The SMILES string of the molecule is CC/C=C\C/C=C\C/C=C\C/C=C\C/C=C\C/C=C\CCCCCCCCCOCC(CO)OC(=O)CCCCCCCCCCCCCCCCCCCCCCCCCCC. The van der Waals surface area contributed by atoms with Gasteiger partial charge in [0.25, 0.3) is 0 Å². The van der Waals surface area contributed by atoms with E-state index in [1.54, 1.807) is 0 Å². The molecule has 0 fully saturated rings. The number of rotatable bonds is 51. The first-order chi connectivity index (χ1) is 31.2. The monoisotopic (exact) mass is 879 g/mol. The minimum Gasteiger partial charge on any atom is -0.457 e. The van der Waals surface area contributed by atoms with Crippen LogP contribution in [0.1, 0.15) is 271 Å². The van der Waals surface area contributed by atoms with Gasteiger partial charge in [0.15, 0.2) is 0 Å². The lowest BCUT2D eigenvalue weighted by Crippen LogP contribution is -2.27. The Morgan fingerprint density at radius 3 is 1.08 bits per heavy atom. The van der Waals surface area contributed by atoms with Crippen molar-refractivity contribution in [2.24, 2.45) is 0 Å². The minimum absolute atomic E-state index is 0.177. The Labute approximate surface area is 393 Å². The van der Waals surface area contributed by atoms with E-state index in [9.17, 15) is 9.90 Å². The van der Waals surface area contributed by atoms with Gasteiger partial charge in [0, 0.05) is 13.0 Å². The summed E-state index contributed by atoms with van der Waals surface area (Å²) in [5, 5.41) is 9.67. The fourth-order valence-electron chi connectivity index (χ4n) is 7.98. The van der Waals surface area contributed by atoms with Gasteiger partial charge in [-0.05, 0) is 64.2 Å². The Morgan fingerprint density at radius 1 is 0.397 bits per heavy atom. The predicted octanol–water partition coefficient (Wildman–Crippen LogP) is 18.9. The second-order valence-corrected chi connectivity index (χ2v) is 18.3. The summed E-state index contributed by atoms with van der Waals surface area (Å²) < 4.78 is 11.2. The largest absolute Gasteiger partial charge is 0.457 e. The molecule has 0 aliphatic heterocycles. The van der Waals surface area contributed by atoms with Crippen LogP contribution in [0.3, 0.4) is 0 Å². The lowest BCUT2D eigenvalue weighted by atomic mass is 10.0. The van der Waals surface area contributed by atoms with E-state index in [-0.39, 0.29) is 19.2 Å². The maximum atomic E-state index is 12.3. The lowest BCUT2D eigenvalue weighted by Gasteiger charge is -2.16. The van der Waals surface area contributed by atoms with Crippen LogP contribution in [0.25, 0.3) is 0 Å². The molecule has 0 spiro atoms. The Balaban J connectivity index is 3.43. The van der Waals surface area contributed by atoms with Crippen molar-refractivity contribution in [2.45, 2.75) is 277 Å². The molecule has 1 unspecified atom stereocenters. The van der Waals surface area contributed by atoms with Crippen LogP contribution in [-0.2, 0) is 14.3 Å². The van der Waals surface area contributed by atoms with Crippen molar-refractivity contribution >= 4 is 5.97 Å². The summed E-state index contributed by atoms with van der Waals surface area (Å²) >= 11 is 0. The minimum atomic E-state index is -0.544. The molecule has 0 aromatic carbocycles. The Morgan fingerprint density at radius 2 is 0.714 bits per heavy atom. The van der Waals surface area contributed by atoms with Crippen molar-refractivity contribution in [3.8, 4) is 0 Å². The number of hydrogen-bond donors (Lipinski definition) is 1. The first-order valence-corrected chi connectivity index (χ1v) is 27.5. The number of unbranched alkanes of at least 4 members (excludes halogenated alkanes) is 31. The zero-order chi connectivity index (χ0) is 45.5. The molecule has 0 aliphatic carbocycles. The van der Waals surface area contributed by atoms with Crippen LogP contribution in [0.2, 0.25) is 0 Å². The van der Waals surface area contributed by atoms with Gasteiger partial charge in [-0.3, -0.25) is 4.79 Å². The van der Waals surface area contributed by atoms with Gasteiger partial charge >= 0.3 is 5.97 Å². The molecule has 0 radical (unpaired) electrons. The number of ether oxygens (including phenoxy) is 2. The molecular weight excluding hydrogens is 773 g/mol. The Hall–Kier alpha value is -2.17. The van der Waals surface area contributed by atoms with E-state index in [1.807, 2.05) is 0 Å². The summed E-state index contributed by atoms with van der Waals surface area (Å²) in [6.45, 7) is 5.24. The second kappa shape index (κ2) is 56.0. The van der Waals surface area contributed by atoms with Gasteiger partial charge in [0.05, 0.1) is 13.2 Å². The summed E-state index contributed by atoms with van der Waals surface area (Å²) in [5.74, 6) is -0.201. The lowest BCUT2D eigenvalue weighted by molar-refractivity contribution is -0.154. The maximum Gasteiger partial charge on any atom is 0.306 e. The highest BCUT2D eigenvalue weighted by Crippen LogP contribution is 2.17. The molecule has 0 rings (SSSR count). The molecule has 4 nitrogen and oxygen atoms in total. The molecule has 1 N–H and O–H groups in total. The van der Waals surface area contributed by atoms with Crippen LogP contribution in [0.5, 0.6) is 0 Å². The van der Waals surface area contributed by atoms with Gasteiger partial charge in [-0.1, -0.05) is 273 Å². The van der Waals surface area contributed by atoms with Gasteiger partial charge in [0.1, 0.15) is 6.10 Å². The molecule has 63 heavy (non-hydrogen) atoms. The molecule has 0 saturated heterocycles. The molecule has 0 bridgehead atoms. The Bertz CT molecular complexity index is 1070. The first-order valence-electron chi connectivity index (χ1n) is 27.5. The topological polar surface area (TPSA) is 55.8 Å². The van der Waals surface area contributed by atoms with Crippen molar-refractivity contribution in [1.29, 1.82) is 0 Å². The summed E-state index contributed by atoms with van der Waals surface area (Å²) in [5.41, 5.74) is 0. The van der Waals surface area contributed by atoms with Gasteiger partial charge in [0.2, 0.25) is 0 Å². The first kappa shape index (κ1) is 60.8. The molecule has 0 aromatic heterocycles. The Kier molecular flexibility index (Phi) is 54.0. The summed E-state index contributed by atoms with van der Waals surface area (Å²) in [6.07, 6.45) is 77.3. The standard InChI is InChI=1S/C59H106O4/c1-3-5-7-9-11-13-15-17-19-21-23-25-27-29-31-33-35-37-39-41-43-45-47-49-51-53-55-62-57-58(56-60)63-59(61)54-52-50-48-46-44-42-40-38-36-34-32-30-28-26-24-22-20-18-16-14-12-10-8-6-4-2/h5,7,11,13,17,19,23,25,29,31,35,37,58,60H,3-4,6,8-10,12,14-16,18,20-22,24,26-28,30,32-34,36,38-57H2,1-2H3/b7-5-,13-11-,19-17-,25-23-,31-29-,37-35-. The molecule has 366 valence electrons. The number of carbonyl (C=O) groups is 1. The number of allylic oxidation sites excluding steroid dienone is 12. The van der Waals surface area contributed by atoms with Crippen LogP contribution in [-0.4, -0.2) is 37.0 Å². The normalized spacial score (nSPS) is 12.9. The highest BCUT2D eigenvalue weighted by Gasteiger charge is 2.13. The van der Waals surface area contributed by atoms with Gasteiger partial charge in [-0.25, -0.2) is 0 Å². The smallest absolute Gasteiger partial charge is 0.306 e. The molecule has 0 aromatic rings. The molecule has 4 heteroatoms. The van der Waals surface area contributed by atoms with Crippen LogP contribution >= 0.6 is 0 Å². The van der Waals surface area contributed by atoms with E-state index in [1.165, 1.54) is 186 Å². The predicted molar refractivity (Wildman–Crippen MR) is 279 cm³/mol. The highest BCUT2D eigenvalue weighted by atomic mass is 16.6. The molecule has 0 saturated carbocycles. The van der Waals surface area contributed by atoms with E-state index >= 15 is 0 Å². The summed E-state index contributed by atoms with van der Waals surface area (Å²) in [4.78, 5) is 12.3. The zero-order valence-corrected chi connectivity index (χ0v) is 42.1. The third-order valence-electron chi connectivity index (χ3n) is 12.0.